The van der Waals surface area contributed by atoms with Gasteiger partial charge >= 0.3 is 0 Å². The standard InChI is InChI=1S/C23H26N4O3/c1-15-11-22(25-14-24-15)26-20-13-18(9-10-21(20)30-3)23(29)27-19(16(2)28)12-17-7-5-4-6-8-17/h4-11,13-14,16,19,28H,12H2,1-3H3,(H,27,29)(H,24,25,26)/t16-,19+/m1/s1. The Kier molecular flexibility index (Phi) is 6.98. The van der Waals surface area contributed by atoms with Crippen molar-refractivity contribution < 1.29 is 14.6 Å². The van der Waals surface area contributed by atoms with Crippen LogP contribution in [0, 0.1) is 6.92 Å². The monoisotopic (exact) mass is 406 g/mol. The van der Waals surface area contributed by atoms with Gasteiger partial charge in [-0.15, -0.1) is 0 Å². The number of carbonyl (C=O) groups is 1. The summed E-state index contributed by atoms with van der Waals surface area (Å²) in [6, 6.07) is 16.3. The number of methoxy groups -OCH3 is 1. The first-order valence-electron chi connectivity index (χ1n) is 9.73. The Morgan fingerprint density at radius 2 is 1.90 bits per heavy atom. The second kappa shape index (κ2) is 9.84. The summed E-state index contributed by atoms with van der Waals surface area (Å²) < 4.78 is 5.40. The lowest BCUT2D eigenvalue weighted by molar-refractivity contribution is 0.0859. The number of aryl methyl sites for hydroxylation is 1. The molecule has 0 fully saturated rings. The van der Waals surface area contributed by atoms with Crippen LogP contribution in [0.2, 0.25) is 0 Å². The van der Waals surface area contributed by atoms with Crippen molar-refractivity contribution in [2.75, 3.05) is 12.4 Å². The molecular formula is C23H26N4O3. The Balaban J connectivity index is 1.79. The van der Waals surface area contributed by atoms with E-state index in [0.29, 0.717) is 29.2 Å². The normalized spacial score (nSPS) is 12.7. The van der Waals surface area contributed by atoms with E-state index in [1.807, 2.05) is 37.3 Å². The number of hydrogen-bond acceptors (Lipinski definition) is 6. The summed E-state index contributed by atoms with van der Waals surface area (Å²) in [5, 5.41) is 16.3. The minimum absolute atomic E-state index is 0.276. The Hall–Kier alpha value is -3.45. The molecule has 1 aromatic heterocycles. The topological polar surface area (TPSA) is 96.4 Å². The fourth-order valence-electron chi connectivity index (χ4n) is 3.07. The number of nitrogens with zero attached hydrogens (tertiary/aromatic N) is 2. The number of hydrogen-bond donors (Lipinski definition) is 3. The Labute approximate surface area is 176 Å². The molecule has 0 saturated carbocycles. The van der Waals surface area contributed by atoms with Gasteiger partial charge in [0.05, 0.1) is 24.9 Å². The van der Waals surface area contributed by atoms with E-state index in [4.69, 9.17) is 4.74 Å². The van der Waals surface area contributed by atoms with Gasteiger partial charge in [0.15, 0.2) is 0 Å². The number of aliphatic hydroxyl groups excluding tert-OH is 1. The highest BCUT2D eigenvalue weighted by atomic mass is 16.5. The molecule has 0 radical (unpaired) electrons. The summed E-state index contributed by atoms with van der Waals surface area (Å²) in [7, 11) is 1.56. The van der Waals surface area contributed by atoms with Gasteiger partial charge in [0.25, 0.3) is 5.91 Å². The number of rotatable bonds is 8. The summed E-state index contributed by atoms with van der Waals surface area (Å²) in [4.78, 5) is 21.2. The molecule has 7 nitrogen and oxygen atoms in total. The molecular weight excluding hydrogens is 380 g/mol. The zero-order chi connectivity index (χ0) is 21.5. The second-order valence-corrected chi connectivity index (χ2v) is 7.09. The summed E-state index contributed by atoms with van der Waals surface area (Å²) in [6.07, 6.45) is 1.30. The number of benzene rings is 2. The molecule has 30 heavy (non-hydrogen) atoms. The van der Waals surface area contributed by atoms with Crippen molar-refractivity contribution in [3.8, 4) is 5.75 Å². The Morgan fingerprint density at radius 1 is 1.13 bits per heavy atom. The van der Waals surface area contributed by atoms with Gasteiger partial charge in [-0.3, -0.25) is 4.79 Å². The lowest BCUT2D eigenvalue weighted by atomic mass is 10.0. The number of aliphatic hydroxyl groups is 1. The molecule has 7 heteroatoms. The first-order valence-corrected chi connectivity index (χ1v) is 9.73. The van der Waals surface area contributed by atoms with Crippen LogP contribution < -0.4 is 15.4 Å². The van der Waals surface area contributed by atoms with Crippen molar-refractivity contribution in [3.63, 3.8) is 0 Å². The van der Waals surface area contributed by atoms with Gasteiger partial charge in [-0.1, -0.05) is 30.3 Å². The number of nitrogens with one attached hydrogen (secondary N) is 2. The van der Waals surface area contributed by atoms with Crippen molar-refractivity contribution in [1.82, 2.24) is 15.3 Å². The molecule has 1 heterocycles. The van der Waals surface area contributed by atoms with Crippen molar-refractivity contribution in [1.29, 1.82) is 0 Å². The van der Waals surface area contributed by atoms with Crippen LogP contribution in [0.1, 0.15) is 28.5 Å². The van der Waals surface area contributed by atoms with Gasteiger partial charge in [0, 0.05) is 17.3 Å². The maximum absolute atomic E-state index is 12.9. The number of anilines is 2. The summed E-state index contributed by atoms with van der Waals surface area (Å²) in [5.41, 5.74) is 2.92. The molecule has 0 aliphatic rings. The third kappa shape index (κ3) is 5.55. The van der Waals surface area contributed by atoms with Crippen LogP contribution in [-0.4, -0.2) is 40.2 Å². The van der Waals surface area contributed by atoms with Crippen LogP contribution in [0.4, 0.5) is 11.5 Å². The molecule has 0 saturated heterocycles. The SMILES string of the molecule is COc1ccc(C(=O)N[C@@H](Cc2ccccc2)[C@@H](C)O)cc1Nc1cc(C)ncn1. The highest BCUT2D eigenvalue weighted by Gasteiger charge is 2.20. The molecule has 3 rings (SSSR count). The van der Waals surface area contributed by atoms with Crippen molar-refractivity contribution in [3.05, 3.63) is 77.7 Å². The summed E-state index contributed by atoms with van der Waals surface area (Å²) in [5.74, 6) is 0.907. The molecule has 3 N–H and O–H groups in total. The van der Waals surface area contributed by atoms with E-state index in [9.17, 15) is 9.90 Å². The van der Waals surface area contributed by atoms with E-state index in [1.165, 1.54) is 6.33 Å². The minimum Gasteiger partial charge on any atom is -0.495 e. The van der Waals surface area contributed by atoms with E-state index in [0.717, 1.165) is 11.3 Å². The lowest BCUT2D eigenvalue weighted by Gasteiger charge is -2.22. The summed E-state index contributed by atoms with van der Waals surface area (Å²) in [6.45, 7) is 3.54. The van der Waals surface area contributed by atoms with Crippen LogP contribution in [0.25, 0.3) is 0 Å². The van der Waals surface area contributed by atoms with Crippen molar-refractivity contribution in [2.24, 2.45) is 0 Å². The van der Waals surface area contributed by atoms with Gasteiger partial charge in [0.1, 0.15) is 17.9 Å². The van der Waals surface area contributed by atoms with Crippen molar-refractivity contribution in [2.45, 2.75) is 32.4 Å². The average Bonchev–Trinajstić information content (AvgIpc) is 2.74. The number of ether oxygens (including phenoxy) is 1. The zero-order valence-electron chi connectivity index (χ0n) is 17.3. The molecule has 2 aromatic carbocycles. The molecule has 0 unspecified atom stereocenters. The molecule has 0 bridgehead atoms. The van der Waals surface area contributed by atoms with Crippen LogP contribution in [-0.2, 0) is 6.42 Å². The van der Waals surface area contributed by atoms with E-state index >= 15 is 0 Å². The van der Waals surface area contributed by atoms with E-state index < -0.39 is 12.1 Å². The van der Waals surface area contributed by atoms with E-state index in [-0.39, 0.29) is 5.91 Å². The average molecular weight is 406 g/mol. The van der Waals surface area contributed by atoms with Crippen molar-refractivity contribution >= 4 is 17.4 Å². The third-order valence-electron chi connectivity index (χ3n) is 4.73. The summed E-state index contributed by atoms with van der Waals surface area (Å²) >= 11 is 0. The zero-order valence-corrected chi connectivity index (χ0v) is 17.3. The molecule has 0 aliphatic carbocycles. The van der Waals surface area contributed by atoms with Crippen LogP contribution in [0.15, 0.2) is 60.9 Å². The lowest BCUT2D eigenvalue weighted by Crippen LogP contribution is -2.43. The first-order chi connectivity index (χ1) is 14.5. The molecule has 1 amide bonds. The molecule has 0 aliphatic heterocycles. The van der Waals surface area contributed by atoms with Crippen LogP contribution in [0.5, 0.6) is 5.75 Å². The fraction of sp³-hybridized carbons (Fsp3) is 0.261. The molecule has 2 atom stereocenters. The third-order valence-corrected chi connectivity index (χ3v) is 4.73. The second-order valence-electron chi connectivity index (χ2n) is 7.09. The maximum atomic E-state index is 12.9. The largest absolute Gasteiger partial charge is 0.495 e. The van der Waals surface area contributed by atoms with Crippen LogP contribution in [0.3, 0.4) is 0 Å². The van der Waals surface area contributed by atoms with Gasteiger partial charge in [-0.25, -0.2) is 9.97 Å². The maximum Gasteiger partial charge on any atom is 0.251 e. The van der Waals surface area contributed by atoms with Gasteiger partial charge in [-0.05, 0) is 44.0 Å². The van der Waals surface area contributed by atoms with E-state index in [1.54, 1.807) is 38.3 Å². The highest BCUT2D eigenvalue weighted by Crippen LogP contribution is 2.28. The highest BCUT2D eigenvalue weighted by molar-refractivity contribution is 5.96. The Bertz CT molecular complexity index is 993. The molecule has 156 valence electrons. The number of amides is 1. The first kappa shape index (κ1) is 21.3. The molecule has 3 aromatic rings. The van der Waals surface area contributed by atoms with Gasteiger partial charge in [-0.2, -0.15) is 0 Å². The number of carbonyl (C=O) groups excluding carboxylic acids is 1. The quantitative estimate of drug-likeness (QED) is 0.531. The van der Waals surface area contributed by atoms with Gasteiger partial charge < -0.3 is 20.5 Å². The van der Waals surface area contributed by atoms with Crippen LogP contribution >= 0.6 is 0 Å². The predicted molar refractivity (Wildman–Crippen MR) is 116 cm³/mol. The predicted octanol–water partition coefficient (Wildman–Crippen LogP) is 3.26. The van der Waals surface area contributed by atoms with E-state index in [2.05, 4.69) is 20.6 Å². The fourth-order valence-corrected chi connectivity index (χ4v) is 3.07. The number of aromatic nitrogens is 2. The molecule has 0 spiro atoms. The minimum atomic E-state index is -0.700. The smallest absolute Gasteiger partial charge is 0.251 e. The Morgan fingerprint density at radius 3 is 2.57 bits per heavy atom. The van der Waals surface area contributed by atoms with Gasteiger partial charge in [0.2, 0.25) is 0 Å².